The van der Waals surface area contributed by atoms with Crippen LogP contribution in [0.1, 0.15) is 46.3 Å². The summed E-state index contributed by atoms with van der Waals surface area (Å²) in [5, 5.41) is 5.75. The molecule has 41 heavy (non-hydrogen) atoms. The zero-order valence-corrected chi connectivity index (χ0v) is 23.7. The Balaban J connectivity index is 1.16. The van der Waals surface area contributed by atoms with Crippen LogP contribution in [0.5, 0.6) is 5.75 Å². The molecule has 2 N–H and O–H groups in total. The van der Waals surface area contributed by atoms with Gasteiger partial charge in [0.15, 0.2) is 0 Å². The quantitative estimate of drug-likeness (QED) is 0.272. The van der Waals surface area contributed by atoms with Gasteiger partial charge in [-0.3, -0.25) is 4.90 Å². The summed E-state index contributed by atoms with van der Waals surface area (Å²) >= 11 is 0. The molecule has 0 spiro atoms. The van der Waals surface area contributed by atoms with Crippen molar-refractivity contribution in [3.05, 3.63) is 124 Å². The number of rotatable bonds is 7. The minimum atomic E-state index is -3.68. The van der Waals surface area contributed by atoms with Crippen LogP contribution in [0.25, 0.3) is 11.0 Å². The molecule has 2 amide bonds. The molecule has 4 aromatic rings. The number of benzene rings is 4. The average Bonchev–Trinajstić information content (AvgIpc) is 3.49. The summed E-state index contributed by atoms with van der Waals surface area (Å²) in [6.07, 6.45) is 1.70. The third-order valence-electron chi connectivity index (χ3n) is 7.62. The SMILES string of the molecule is COc1ccc(C(C)NC(=O)Nc2ccc3c(c2)C=C(c2ccc4c(c2)CN(Cc2ccccc2)C4)S3(=O)=O)cc1. The predicted molar refractivity (Wildman–Crippen MR) is 161 cm³/mol. The van der Waals surface area contributed by atoms with Crippen LogP contribution in [-0.2, 0) is 29.5 Å². The van der Waals surface area contributed by atoms with Gasteiger partial charge >= 0.3 is 6.03 Å². The second kappa shape index (κ2) is 10.9. The van der Waals surface area contributed by atoms with Crippen molar-refractivity contribution in [3.8, 4) is 5.75 Å². The van der Waals surface area contributed by atoms with E-state index >= 15 is 0 Å². The van der Waals surface area contributed by atoms with Crippen molar-refractivity contribution < 1.29 is 17.9 Å². The van der Waals surface area contributed by atoms with E-state index in [1.807, 2.05) is 67.6 Å². The van der Waals surface area contributed by atoms with Gasteiger partial charge in [0.1, 0.15) is 5.75 Å². The zero-order chi connectivity index (χ0) is 28.6. The number of anilines is 1. The number of carbonyl (C=O) groups excluding carboxylic acids is 1. The first-order valence-corrected chi connectivity index (χ1v) is 15.0. The molecule has 2 heterocycles. The lowest BCUT2D eigenvalue weighted by Gasteiger charge is -2.16. The molecular weight excluding hydrogens is 534 g/mol. The molecule has 208 valence electrons. The lowest BCUT2D eigenvalue weighted by molar-refractivity contribution is 0.249. The highest BCUT2D eigenvalue weighted by molar-refractivity contribution is 8.01. The standard InChI is InChI=1S/C33H31N3O4S/c1-22(24-10-13-30(40-2)14-11-24)34-33(37)35-29-12-15-31-27(17-29)18-32(41(31,38)39)25-8-9-26-20-36(21-28(26)16-25)19-23-6-4-3-5-7-23/h3-18,22H,19-21H2,1-2H3,(H2,34,35,37). The summed E-state index contributed by atoms with van der Waals surface area (Å²) in [6.45, 7) is 4.35. The Labute approximate surface area is 240 Å². The first-order valence-electron chi connectivity index (χ1n) is 13.5. The maximum absolute atomic E-state index is 13.5. The van der Waals surface area contributed by atoms with Crippen LogP contribution >= 0.6 is 0 Å². The van der Waals surface area contributed by atoms with Crippen molar-refractivity contribution >= 4 is 32.5 Å². The van der Waals surface area contributed by atoms with Crippen molar-refractivity contribution in [2.24, 2.45) is 0 Å². The average molecular weight is 566 g/mol. The van der Waals surface area contributed by atoms with E-state index in [4.69, 9.17) is 4.74 Å². The summed E-state index contributed by atoms with van der Waals surface area (Å²) < 4.78 is 32.2. The number of urea groups is 1. The molecular formula is C33H31N3O4S. The first kappa shape index (κ1) is 26.8. The number of nitrogens with one attached hydrogen (secondary N) is 2. The molecule has 1 unspecified atom stereocenters. The van der Waals surface area contributed by atoms with Gasteiger partial charge in [0.05, 0.1) is 23.0 Å². The third-order valence-corrected chi connectivity index (χ3v) is 9.51. The molecule has 0 saturated heterocycles. The molecule has 4 aromatic carbocycles. The number of hydrogen-bond acceptors (Lipinski definition) is 5. The van der Waals surface area contributed by atoms with Crippen molar-refractivity contribution in [1.29, 1.82) is 0 Å². The topological polar surface area (TPSA) is 87.7 Å². The normalized spacial score (nSPS) is 15.9. The first-order chi connectivity index (χ1) is 19.8. The van der Waals surface area contributed by atoms with Gasteiger partial charge in [0.2, 0.25) is 9.84 Å². The Morgan fingerprint density at radius 2 is 1.68 bits per heavy atom. The van der Waals surface area contributed by atoms with Gasteiger partial charge in [-0.15, -0.1) is 0 Å². The second-order valence-corrected chi connectivity index (χ2v) is 12.4. The largest absolute Gasteiger partial charge is 0.497 e. The Morgan fingerprint density at radius 3 is 2.44 bits per heavy atom. The predicted octanol–water partition coefficient (Wildman–Crippen LogP) is 6.38. The smallest absolute Gasteiger partial charge is 0.319 e. The van der Waals surface area contributed by atoms with Crippen LogP contribution in [0.15, 0.2) is 95.9 Å². The van der Waals surface area contributed by atoms with Crippen molar-refractivity contribution in [2.45, 2.75) is 37.5 Å². The minimum absolute atomic E-state index is 0.231. The summed E-state index contributed by atoms with van der Waals surface area (Å²) in [4.78, 5) is 15.6. The Kier molecular flexibility index (Phi) is 7.11. The number of hydrogen-bond donors (Lipinski definition) is 2. The van der Waals surface area contributed by atoms with Gasteiger partial charge in [0, 0.05) is 25.3 Å². The monoisotopic (exact) mass is 565 g/mol. The molecule has 0 saturated carbocycles. The molecule has 0 bridgehead atoms. The van der Waals surface area contributed by atoms with Crippen molar-refractivity contribution in [1.82, 2.24) is 10.2 Å². The van der Waals surface area contributed by atoms with Crippen LogP contribution in [0.4, 0.5) is 10.5 Å². The van der Waals surface area contributed by atoms with E-state index in [-0.39, 0.29) is 21.9 Å². The molecule has 6 rings (SSSR count). The summed E-state index contributed by atoms with van der Waals surface area (Å²) in [5.74, 6) is 0.746. The summed E-state index contributed by atoms with van der Waals surface area (Å²) in [5.41, 5.74) is 6.32. The highest BCUT2D eigenvalue weighted by Gasteiger charge is 2.32. The summed E-state index contributed by atoms with van der Waals surface area (Å²) in [6, 6.07) is 28.0. The molecule has 7 nitrogen and oxygen atoms in total. The van der Waals surface area contributed by atoms with Crippen LogP contribution in [0, 0.1) is 0 Å². The number of amides is 2. The lowest BCUT2D eigenvalue weighted by Crippen LogP contribution is -2.31. The molecule has 0 radical (unpaired) electrons. The zero-order valence-electron chi connectivity index (χ0n) is 22.9. The Bertz CT molecular complexity index is 1750. The molecule has 0 aromatic heterocycles. The number of methoxy groups -OCH3 is 1. The van der Waals surface area contributed by atoms with E-state index in [0.717, 1.165) is 36.5 Å². The Hall–Kier alpha value is -4.40. The van der Waals surface area contributed by atoms with E-state index in [1.54, 1.807) is 31.4 Å². The maximum atomic E-state index is 13.5. The van der Waals surface area contributed by atoms with Gasteiger partial charge in [-0.2, -0.15) is 0 Å². The molecule has 0 fully saturated rings. The number of sulfone groups is 1. The van der Waals surface area contributed by atoms with Gasteiger partial charge < -0.3 is 15.4 Å². The number of carbonyl (C=O) groups is 1. The van der Waals surface area contributed by atoms with Gasteiger partial charge in [-0.05, 0) is 82.8 Å². The second-order valence-electron chi connectivity index (χ2n) is 10.5. The van der Waals surface area contributed by atoms with E-state index in [2.05, 4.69) is 27.7 Å². The number of ether oxygens (including phenoxy) is 1. The fourth-order valence-corrected chi connectivity index (χ4v) is 7.10. The maximum Gasteiger partial charge on any atom is 0.319 e. The van der Waals surface area contributed by atoms with E-state index in [9.17, 15) is 13.2 Å². The van der Waals surface area contributed by atoms with Gasteiger partial charge in [-0.1, -0.05) is 54.6 Å². The van der Waals surface area contributed by atoms with E-state index in [1.165, 1.54) is 11.1 Å². The molecule has 8 heteroatoms. The highest BCUT2D eigenvalue weighted by Crippen LogP contribution is 2.41. The Morgan fingerprint density at radius 1 is 0.927 bits per heavy atom. The lowest BCUT2D eigenvalue weighted by atomic mass is 10.1. The highest BCUT2D eigenvalue weighted by atomic mass is 32.2. The van der Waals surface area contributed by atoms with E-state index in [0.29, 0.717) is 16.8 Å². The molecule has 1 atom stereocenters. The number of fused-ring (bicyclic) bond motifs is 2. The fourth-order valence-electron chi connectivity index (χ4n) is 5.47. The van der Waals surface area contributed by atoms with Gasteiger partial charge in [-0.25, -0.2) is 13.2 Å². The number of nitrogens with zero attached hydrogens (tertiary/aromatic N) is 1. The molecule has 2 aliphatic rings. The van der Waals surface area contributed by atoms with Crippen LogP contribution in [-0.4, -0.2) is 26.5 Å². The van der Waals surface area contributed by atoms with E-state index < -0.39 is 9.84 Å². The molecule has 0 aliphatic carbocycles. The van der Waals surface area contributed by atoms with Crippen molar-refractivity contribution in [2.75, 3.05) is 12.4 Å². The summed E-state index contributed by atoms with van der Waals surface area (Å²) in [7, 11) is -2.07. The third kappa shape index (κ3) is 5.49. The van der Waals surface area contributed by atoms with Crippen LogP contribution in [0.2, 0.25) is 0 Å². The fraction of sp³-hybridized carbons (Fsp3) is 0.182. The van der Waals surface area contributed by atoms with Crippen molar-refractivity contribution in [3.63, 3.8) is 0 Å². The van der Waals surface area contributed by atoms with Gasteiger partial charge in [0.25, 0.3) is 0 Å². The minimum Gasteiger partial charge on any atom is -0.497 e. The van der Waals surface area contributed by atoms with Crippen LogP contribution < -0.4 is 15.4 Å². The van der Waals surface area contributed by atoms with Crippen LogP contribution in [0.3, 0.4) is 0 Å². The molecule has 2 aliphatic heterocycles.